The van der Waals surface area contributed by atoms with Crippen LogP contribution in [0, 0.1) is 11.7 Å². The number of amides is 1. The average molecular weight is 406 g/mol. The van der Waals surface area contributed by atoms with E-state index in [4.69, 9.17) is 11.6 Å². The first kappa shape index (κ1) is 21.1. The molecule has 1 aliphatic heterocycles. The first-order valence-corrected chi connectivity index (χ1v) is 10.4. The summed E-state index contributed by atoms with van der Waals surface area (Å²) in [5.74, 6) is -0.340. The maximum Gasteiger partial charge on any atom is 0.243 e. The summed E-state index contributed by atoms with van der Waals surface area (Å²) < 4.78 is 40.0. The van der Waals surface area contributed by atoms with Crippen LogP contribution in [-0.4, -0.2) is 62.3 Å². The molecule has 0 radical (unpaired) electrons. The number of halogens is 2. The summed E-state index contributed by atoms with van der Waals surface area (Å²) in [4.78, 5) is 14.1. The minimum atomic E-state index is -3.74. The Hall–Kier alpha value is -1.22. The van der Waals surface area contributed by atoms with Crippen LogP contribution in [-0.2, 0) is 14.8 Å². The van der Waals surface area contributed by atoms with Crippen LogP contribution in [0.4, 0.5) is 4.39 Å². The van der Waals surface area contributed by atoms with Gasteiger partial charge in [-0.05, 0) is 31.0 Å². The third kappa shape index (κ3) is 4.94. The fourth-order valence-corrected chi connectivity index (χ4v) is 4.43. The van der Waals surface area contributed by atoms with Crippen molar-refractivity contribution in [2.45, 2.75) is 31.7 Å². The molecule has 1 heterocycles. The topological polar surface area (TPSA) is 69.7 Å². The smallest absolute Gasteiger partial charge is 0.243 e. The zero-order valence-corrected chi connectivity index (χ0v) is 16.8. The second kappa shape index (κ2) is 8.65. The molecule has 1 aliphatic rings. The second-order valence-corrected chi connectivity index (χ2v) is 9.18. The summed E-state index contributed by atoms with van der Waals surface area (Å²) in [5.41, 5.74) is 0. The van der Waals surface area contributed by atoms with Crippen LogP contribution in [0.25, 0.3) is 0 Å². The molecule has 1 atom stereocenters. The number of rotatable bonds is 6. The van der Waals surface area contributed by atoms with E-state index in [1.807, 2.05) is 25.7 Å². The van der Waals surface area contributed by atoms with Gasteiger partial charge in [0.15, 0.2) is 0 Å². The Labute approximate surface area is 159 Å². The van der Waals surface area contributed by atoms with Gasteiger partial charge in [0.2, 0.25) is 15.9 Å². The SMILES string of the molecule is CC(C)CNC(=O)C(C)N1CCN(S(=O)(=O)c2ccc(F)c(Cl)c2)CC1. The number of nitrogens with zero attached hydrogens (tertiary/aromatic N) is 2. The van der Waals surface area contributed by atoms with E-state index in [1.165, 1.54) is 10.4 Å². The molecule has 1 fully saturated rings. The second-order valence-electron chi connectivity index (χ2n) is 6.83. The molecule has 1 N–H and O–H groups in total. The van der Waals surface area contributed by atoms with Crippen molar-refractivity contribution in [3.8, 4) is 0 Å². The van der Waals surface area contributed by atoms with Gasteiger partial charge in [0, 0.05) is 32.7 Å². The van der Waals surface area contributed by atoms with Gasteiger partial charge in [-0.2, -0.15) is 4.31 Å². The molecule has 0 saturated carbocycles. The zero-order chi connectivity index (χ0) is 19.5. The largest absolute Gasteiger partial charge is 0.354 e. The van der Waals surface area contributed by atoms with Crippen molar-refractivity contribution in [2.24, 2.45) is 5.92 Å². The van der Waals surface area contributed by atoms with E-state index >= 15 is 0 Å². The molecule has 0 aromatic heterocycles. The highest BCUT2D eigenvalue weighted by Gasteiger charge is 2.32. The lowest BCUT2D eigenvalue weighted by Gasteiger charge is -2.36. The van der Waals surface area contributed by atoms with Crippen LogP contribution >= 0.6 is 11.6 Å². The molecule has 26 heavy (non-hydrogen) atoms. The number of nitrogens with one attached hydrogen (secondary N) is 1. The molecule has 1 aromatic rings. The lowest BCUT2D eigenvalue weighted by atomic mass is 10.2. The van der Waals surface area contributed by atoms with E-state index in [9.17, 15) is 17.6 Å². The fourth-order valence-electron chi connectivity index (χ4n) is 2.74. The maximum absolute atomic E-state index is 13.3. The Balaban J connectivity index is 1.98. The van der Waals surface area contributed by atoms with Crippen LogP contribution in [0.2, 0.25) is 5.02 Å². The Morgan fingerprint density at radius 2 is 1.85 bits per heavy atom. The third-order valence-corrected chi connectivity index (χ3v) is 6.60. The molecule has 0 aliphatic carbocycles. The molecule has 6 nitrogen and oxygen atoms in total. The summed E-state index contributed by atoms with van der Waals surface area (Å²) in [7, 11) is -3.74. The van der Waals surface area contributed by atoms with Gasteiger partial charge in [0.1, 0.15) is 5.82 Å². The van der Waals surface area contributed by atoms with Crippen LogP contribution in [0.3, 0.4) is 0 Å². The highest BCUT2D eigenvalue weighted by molar-refractivity contribution is 7.89. The first-order valence-electron chi connectivity index (χ1n) is 8.60. The third-order valence-electron chi connectivity index (χ3n) is 4.41. The average Bonchev–Trinajstić information content (AvgIpc) is 2.61. The monoisotopic (exact) mass is 405 g/mol. The molecular formula is C17H25ClFN3O3S. The normalized spacial score (nSPS) is 18.1. The highest BCUT2D eigenvalue weighted by Crippen LogP contribution is 2.23. The van der Waals surface area contributed by atoms with Gasteiger partial charge in [-0.25, -0.2) is 12.8 Å². The van der Waals surface area contributed by atoms with Crippen molar-refractivity contribution < 1.29 is 17.6 Å². The minimum absolute atomic E-state index is 0.0277. The number of hydrogen-bond donors (Lipinski definition) is 1. The quantitative estimate of drug-likeness (QED) is 0.785. The predicted octanol–water partition coefficient (Wildman–Crippen LogP) is 1.95. The Morgan fingerprint density at radius 3 is 2.38 bits per heavy atom. The van der Waals surface area contributed by atoms with E-state index in [1.54, 1.807) is 0 Å². The number of hydrogen-bond acceptors (Lipinski definition) is 4. The maximum atomic E-state index is 13.3. The van der Waals surface area contributed by atoms with E-state index in [0.717, 1.165) is 12.1 Å². The van der Waals surface area contributed by atoms with Crippen molar-refractivity contribution >= 4 is 27.5 Å². The van der Waals surface area contributed by atoms with Crippen LogP contribution < -0.4 is 5.32 Å². The molecule has 0 spiro atoms. The standard InChI is InChI=1S/C17H25ClFN3O3S/c1-12(2)11-20-17(23)13(3)21-6-8-22(9-7-21)26(24,25)14-4-5-16(19)15(18)10-14/h4-5,10,12-13H,6-9,11H2,1-3H3,(H,20,23). The Morgan fingerprint density at radius 1 is 1.23 bits per heavy atom. The Kier molecular flexibility index (Phi) is 7.01. The van der Waals surface area contributed by atoms with E-state index in [2.05, 4.69) is 5.32 Å². The van der Waals surface area contributed by atoms with Crippen molar-refractivity contribution in [1.29, 1.82) is 0 Å². The van der Waals surface area contributed by atoms with Crippen molar-refractivity contribution in [3.63, 3.8) is 0 Å². The summed E-state index contributed by atoms with van der Waals surface area (Å²) in [6.07, 6.45) is 0. The number of sulfonamides is 1. The van der Waals surface area contributed by atoms with Crippen LogP contribution in [0.15, 0.2) is 23.1 Å². The molecule has 1 saturated heterocycles. The molecule has 9 heteroatoms. The molecule has 2 rings (SSSR count). The summed E-state index contributed by atoms with van der Waals surface area (Å²) in [6, 6.07) is 3.07. The molecule has 146 valence electrons. The molecule has 0 bridgehead atoms. The number of benzene rings is 1. The van der Waals surface area contributed by atoms with Gasteiger partial charge in [0.25, 0.3) is 0 Å². The van der Waals surface area contributed by atoms with Crippen molar-refractivity contribution in [1.82, 2.24) is 14.5 Å². The van der Waals surface area contributed by atoms with Gasteiger partial charge in [-0.15, -0.1) is 0 Å². The fraction of sp³-hybridized carbons (Fsp3) is 0.588. The summed E-state index contributed by atoms with van der Waals surface area (Å²) in [5, 5.41) is 2.67. The first-order chi connectivity index (χ1) is 12.1. The molecule has 1 amide bonds. The molecule has 1 aromatic carbocycles. The molecular weight excluding hydrogens is 381 g/mol. The number of carbonyl (C=O) groups excluding carboxylic acids is 1. The van der Waals surface area contributed by atoms with Crippen molar-refractivity contribution in [2.75, 3.05) is 32.7 Å². The van der Waals surface area contributed by atoms with Crippen LogP contribution in [0.5, 0.6) is 0 Å². The van der Waals surface area contributed by atoms with Gasteiger partial charge >= 0.3 is 0 Å². The van der Waals surface area contributed by atoms with Gasteiger partial charge in [-0.3, -0.25) is 9.69 Å². The number of piperazine rings is 1. The minimum Gasteiger partial charge on any atom is -0.354 e. The predicted molar refractivity (Wildman–Crippen MR) is 99.1 cm³/mol. The van der Waals surface area contributed by atoms with Crippen LogP contribution in [0.1, 0.15) is 20.8 Å². The summed E-state index contributed by atoms with van der Waals surface area (Å²) in [6.45, 7) is 7.90. The lowest BCUT2D eigenvalue weighted by Crippen LogP contribution is -2.55. The van der Waals surface area contributed by atoms with Gasteiger partial charge < -0.3 is 5.32 Å². The highest BCUT2D eigenvalue weighted by atomic mass is 35.5. The molecule has 1 unspecified atom stereocenters. The van der Waals surface area contributed by atoms with E-state index in [-0.39, 0.29) is 35.0 Å². The van der Waals surface area contributed by atoms with E-state index in [0.29, 0.717) is 25.6 Å². The van der Waals surface area contributed by atoms with E-state index < -0.39 is 15.8 Å². The zero-order valence-electron chi connectivity index (χ0n) is 15.2. The van der Waals surface area contributed by atoms with Crippen molar-refractivity contribution in [3.05, 3.63) is 29.0 Å². The van der Waals surface area contributed by atoms with Gasteiger partial charge in [0.05, 0.1) is 16.0 Å². The lowest BCUT2D eigenvalue weighted by molar-refractivity contribution is -0.126. The summed E-state index contributed by atoms with van der Waals surface area (Å²) >= 11 is 5.70. The van der Waals surface area contributed by atoms with Gasteiger partial charge in [-0.1, -0.05) is 25.4 Å². The number of carbonyl (C=O) groups is 1. The Bertz CT molecular complexity index is 750.